The van der Waals surface area contributed by atoms with Crippen molar-refractivity contribution in [1.82, 2.24) is 9.97 Å². The predicted molar refractivity (Wildman–Crippen MR) is 86.3 cm³/mol. The highest BCUT2D eigenvalue weighted by atomic mass is 35.5. The van der Waals surface area contributed by atoms with Gasteiger partial charge in [0.1, 0.15) is 5.69 Å². The molecule has 0 fully saturated rings. The highest BCUT2D eigenvalue weighted by molar-refractivity contribution is 7.09. The molecule has 3 N–H and O–H groups in total. The first-order chi connectivity index (χ1) is 8.70. The summed E-state index contributed by atoms with van der Waals surface area (Å²) in [6, 6.07) is 1.84. The van der Waals surface area contributed by atoms with Crippen molar-refractivity contribution in [3.63, 3.8) is 0 Å². The van der Waals surface area contributed by atoms with Gasteiger partial charge < -0.3 is 11.1 Å². The standard InChI is InChI=1S/C12H14N4OS.2ClH/c1-8-3-5-14-6-9(8)16-12(17)10-7-18-11(15-10)2-4-13;;/h3,5-7H,2,4,13H2,1H3,(H,16,17);2*1H. The average Bonchev–Trinajstić information content (AvgIpc) is 2.81. The van der Waals surface area contributed by atoms with Gasteiger partial charge in [-0.1, -0.05) is 0 Å². The molecule has 2 rings (SSSR count). The summed E-state index contributed by atoms with van der Waals surface area (Å²) in [7, 11) is 0. The third-order valence-corrected chi connectivity index (χ3v) is 3.34. The maximum absolute atomic E-state index is 12.0. The Balaban J connectivity index is 0.00000180. The fourth-order valence-electron chi connectivity index (χ4n) is 1.43. The molecule has 8 heteroatoms. The van der Waals surface area contributed by atoms with Crippen LogP contribution in [0.5, 0.6) is 0 Å². The maximum atomic E-state index is 12.0. The molecule has 1 amide bonds. The van der Waals surface area contributed by atoms with Crippen LogP contribution in [0.1, 0.15) is 21.1 Å². The van der Waals surface area contributed by atoms with Crippen molar-refractivity contribution in [3.8, 4) is 0 Å². The van der Waals surface area contributed by atoms with E-state index in [0.29, 0.717) is 24.3 Å². The summed E-state index contributed by atoms with van der Waals surface area (Å²) in [6.45, 7) is 2.45. The average molecular weight is 335 g/mol. The van der Waals surface area contributed by atoms with Crippen LogP contribution in [0.3, 0.4) is 0 Å². The van der Waals surface area contributed by atoms with Crippen LogP contribution in [0.15, 0.2) is 23.8 Å². The van der Waals surface area contributed by atoms with Crippen LogP contribution in [0.4, 0.5) is 5.69 Å². The first-order valence-corrected chi connectivity index (χ1v) is 6.45. The molecule has 0 aliphatic carbocycles. The van der Waals surface area contributed by atoms with Crippen molar-refractivity contribution >= 4 is 47.7 Å². The maximum Gasteiger partial charge on any atom is 0.275 e. The lowest BCUT2D eigenvalue weighted by molar-refractivity contribution is 0.102. The molecule has 0 radical (unpaired) electrons. The lowest BCUT2D eigenvalue weighted by Crippen LogP contribution is -2.13. The molecular formula is C12H16Cl2N4OS. The largest absolute Gasteiger partial charge is 0.330 e. The summed E-state index contributed by atoms with van der Waals surface area (Å²) in [4.78, 5) is 20.2. The van der Waals surface area contributed by atoms with E-state index in [1.165, 1.54) is 11.3 Å². The molecule has 0 saturated carbocycles. The van der Waals surface area contributed by atoms with Crippen molar-refractivity contribution < 1.29 is 4.79 Å². The number of pyridine rings is 1. The molecule has 0 unspecified atom stereocenters. The van der Waals surface area contributed by atoms with E-state index in [-0.39, 0.29) is 30.7 Å². The molecule has 0 aliphatic rings. The highest BCUT2D eigenvalue weighted by Gasteiger charge is 2.11. The molecule has 2 aromatic heterocycles. The second kappa shape index (κ2) is 8.86. The Morgan fingerprint density at radius 2 is 2.20 bits per heavy atom. The first kappa shape index (κ1) is 18.8. The smallest absolute Gasteiger partial charge is 0.275 e. The van der Waals surface area contributed by atoms with Gasteiger partial charge in [0.2, 0.25) is 0 Å². The molecule has 5 nitrogen and oxygen atoms in total. The summed E-state index contributed by atoms with van der Waals surface area (Å²) < 4.78 is 0. The highest BCUT2D eigenvalue weighted by Crippen LogP contribution is 2.15. The van der Waals surface area contributed by atoms with Crippen molar-refractivity contribution in [3.05, 3.63) is 40.1 Å². The minimum Gasteiger partial charge on any atom is -0.330 e. The fourth-order valence-corrected chi connectivity index (χ4v) is 2.23. The van der Waals surface area contributed by atoms with E-state index in [2.05, 4.69) is 15.3 Å². The molecule has 0 saturated heterocycles. The zero-order valence-corrected chi connectivity index (χ0v) is 13.3. The van der Waals surface area contributed by atoms with E-state index in [9.17, 15) is 4.79 Å². The number of aryl methyl sites for hydroxylation is 1. The molecule has 0 atom stereocenters. The molecule has 0 bridgehead atoms. The monoisotopic (exact) mass is 334 g/mol. The van der Waals surface area contributed by atoms with Gasteiger partial charge in [0.05, 0.1) is 16.9 Å². The van der Waals surface area contributed by atoms with Crippen LogP contribution in [0.25, 0.3) is 0 Å². The number of hydrogen-bond donors (Lipinski definition) is 2. The Morgan fingerprint density at radius 3 is 2.85 bits per heavy atom. The third kappa shape index (κ3) is 4.72. The summed E-state index contributed by atoms with van der Waals surface area (Å²) in [5.41, 5.74) is 7.54. The number of nitrogens with zero attached hydrogens (tertiary/aromatic N) is 2. The van der Waals surface area contributed by atoms with Gasteiger partial charge in [0.15, 0.2) is 0 Å². The minimum absolute atomic E-state index is 0. The molecule has 0 aliphatic heterocycles. The van der Waals surface area contributed by atoms with Gasteiger partial charge in [0.25, 0.3) is 5.91 Å². The lowest BCUT2D eigenvalue weighted by Gasteiger charge is -2.05. The van der Waals surface area contributed by atoms with Crippen molar-refractivity contribution in [1.29, 1.82) is 0 Å². The second-order valence-electron chi connectivity index (χ2n) is 3.81. The minimum atomic E-state index is -0.217. The van der Waals surface area contributed by atoms with Crippen LogP contribution in [0.2, 0.25) is 0 Å². The quantitative estimate of drug-likeness (QED) is 0.899. The summed E-state index contributed by atoms with van der Waals surface area (Å²) in [6.07, 6.45) is 4.01. The number of nitrogens with one attached hydrogen (secondary N) is 1. The Morgan fingerprint density at radius 1 is 1.45 bits per heavy atom. The number of aromatic nitrogens is 2. The predicted octanol–water partition coefficient (Wildman–Crippen LogP) is 2.44. The number of anilines is 1. The number of carbonyl (C=O) groups is 1. The number of rotatable bonds is 4. The Labute approximate surface area is 133 Å². The van der Waals surface area contributed by atoms with E-state index < -0.39 is 0 Å². The number of nitrogens with two attached hydrogens (primary N) is 1. The molecule has 2 aromatic rings. The number of amides is 1. The molecule has 110 valence electrons. The van der Waals surface area contributed by atoms with E-state index in [4.69, 9.17) is 5.73 Å². The topological polar surface area (TPSA) is 80.9 Å². The molecule has 0 aromatic carbocycles. The first-order valence-electron chi connectivity index (χ1n) is 5.57. The zero-order chi connectivity index (χ0) is 13.0. The van der Waals surface area contributed by atoms with E-state index in [0.717, 1.165) is 10.6 Å². The Hall–Kier alpha value is -1.21. The summed E-state index contributed by atoms with van der Waals surface area (Å²) in [5.74, 6) is -0.217. The van der Waals surface area contributed by atoms with Gasteiger partial charge in [-0.3, -0.25) is 9.78 Å². The van der Waals surface area contributed by atoms with Crippen LogP contribution in [-0.2, 0) is 6.42 Å². The Kier molecular flexibility index (Phi) is 8.33. The summed E-state index contributed by atoms with van der Waals surface area (Å²) >= 11 is 1.45. The molecular weight excluding hydrogens is 319 g/mol. The van der Waals surface area contributed by atoms with Crippen LogP contribution in [-0.4, -0.2) is 22.4 Å². The second-order valence-corrected chi connectivity index (χ2v) is 4.75. The number of hydrogen-bond acceptors (Lipinski definition) is 5. The van der Waals surface area contributed by atoms with E-state index in [1.807, 2.05) is 13.0 Å². The van der Waals surface area contributed by atoms with Gasteiger partial charge >= 0.3 is 0 Å². The normalized spacial score (nSPS) is 9.30. The van der Waals surface area contributed by atoms with Gasteiger partial charge in [-0.2, -0.15) is 0 Å². The molecule has 20 heavy (non-hydrogen) atoms. The number of halogens is 2. The van der Waals surface area contributed by atoms with Gasteiger partial charge in [0, 0.05) is 18.0 Å². The Bertz CT molecular complexity index is 562. The molecule has 2 heterocycles. The van der Waals surface area contributed by atoms with Crippen LogP contribution < -0.4 is 11.1 Å². The molecule has 0 spiro atoms. The zero-order valence-electron chi connectivity index (χ0n) is 10.8. The van der Waals surface area contributed by atoms with Crippen molar-refractivity contribution in [2.75, 3.05) is 11.9 Å². The van der Waals surface area contributed by atoms with Crippen molar-refractivity contribution in [2.45, 2.75) is 13.3 Å². The summed E-state index contributed by atoms with van der Waals surface area (Å²) in [5, 5.41) is 5.42. The van der Waals surface area contributed by atoms with E-state index in [1.54, 1.807) is 17.8 Å². The number of carbonyl (C=O) groups excluding carboxylic acids is 1. The SMILES string of the molecule is Cc1ccncc1NC(=O)c1csc(CCN)n1.Cl.Cl. The third-order valence-electron chi connectivity index (χ3n) is 2.43. The van der Waals surface area contributed by atoms with E-state index >= 15 is 0 Å². The van der Waals surface area contributed by atoms with Gasteiger partial charge in [-0.15, -0.1) is 36.2 Å². The van der Waals surface area contributed by atoms with Crippen LogP contribution in [0, 0.1) is 6.92 Å². The van der Waals surface area contributed by atoms with Gasteiger partial charge in [-0.05, 0) is 25.1 Å². The van der Waals surface area contributed by atoms with Gasteiger partial charge in [-0.25, -0.2) is 4.98 Å². The fraction of sp³-hybridized carbons (Fsp3) is 0.250. The number of thiazole rings is 1. The lowest BCUT2D eigenvalue weighted by atomic mass is 10.2. The van der Waals surface area contributed by atoms with Crippen molar-refractivity contribution in [2.24, 2.45) is 5.73 Å². The van der Waals surface area contributed by atoms with Crippen LogP contribution >= 0.6 is 36.2 Å².